The Labute approximate surface area is 106 Å². The number of aryl methyl sites for hydroxylation is 2. The number of fused-ring (bicyclic) bond motifs is 1. The van der Waals surface area contributed by atoms with Crippen molar-refractivity contribution in [2.45, 2.75) is 26.3 Å². The van der Waals surface area contributed by atoms with E-state index in [2.05, 4.69) is 29.4 Å². The predicted molar refractivity (Wildman–Crippen MR) is 70.6 cm³/mol. The number of rotatable bonds is 1. The van der Waals surface area contributed by atoms with Crippen LogP contribution in [0.4, 0.5) is 11.5 Å². The molecule has 18 heavy (non-hydrogen) atoms. The van der Waals surface area contributed by atoms with Crippen molar-refractivity contribution in [1.82, 2.24) is 19.6 Å². The van der Waals surface area contributed by atoms with Crippen LogP contribution >= 0.6 is 0 Å². The van der Waals surface area contributed by atoms with E-state index in [1.165, 1.54) is 11.3 Å². The third-order valence-corrected chi connectivity index (χ3v) is 3.73. The Kier molecular flexibility index (Phi) is 2.33. The molecule has 0 fully saturated rings. The lowest BCUT2D eigenvalue weighted by Crippen LogP contribution is -2.25. The molecule has 0 spiro atoms. The first-order chi connectivity index (χ1) is 8.59. The molecule has 0 saturated heterocycles. The van der Waals surface area contributed by atoms with Crippen molar-refractivity contribution in [3.8, 4) is 0 Å². The Bertz CT molecular complexity index is 594. The van der Waals surface area contributed by atoms with E-state index in [1.807, 2.05) is 16.4 Å². The van der Waals surface area contributed by atoms with E-state index >= 15 is 0 Å². The zero-order valence-electron chi connectivity index (χ0n) is 10.9. The van der Waals surface area contributed by atoms with E-state index in [9.17, 15) is 0 Å². The molecule has 0 amide bonds. The second kappa shape index (κ2) is 3.76. The smallest absolute Gasteiger partial charge is 0.148 e. The van der Waals surface area contributed by atoms with Crippen LogP contribution in [0.5, 0.6) is 0 Å². The van der Waals surface area contributed by atoms with Crippen molar-refractivity contribution in [2.75, 3.05) is 17.6 Å². The number of anilines is 2. The summed E-state index contributed by atoms with van der Waals surface area (Å²) in [7, 11) is 1.98. The van der Waals surface area contributed by atoms with Crippen LogP contribution in [-0.4, -0.2) is 26.1 Å². The van der Waals surface area contributed by atoms with E-state index in [4.69, 9.17) is 5.73 Å². The van der Waals surface area contributed by atoms with Gasteiger partial charge in [-0.05, 0) is 20.3 Å². The van der Waals surface area contributed by atoms with Gasteiger partial charge in [0.15, 0.2) is 0 Å². The number of aromatic nitrogens is 4. The first-order valence-corrected chi connectivity index (χ1v) is 6.16. The Morgan fingerprint density at radius 2 is 2.22 bits per heavy atom. The Morgan fingerprint density at radius 1 is 1.44 bits per heavy atom. The van der Waals surface area contributed by atoms with Crippen LogP contribution < -0.4 is 11.1 Å². The molecule has 96 valence electrons. The maximum atomic E-state index is 5.92. The molecule has 2 aromatic heterocycles. The van der Waals surface area contributed by atoms with Crippen molar-refractivity contribution in [3.63, 3.8) is 0 Å². The molecule has 3 N–H and O–H groups in total. The third kappa shape index (κ3) is 1.41. The van der Waals surface area contributed by atoms with Gasteiger partial charge >= 0.3 is 0 Å². The quantitative estimate of drug-likeness (QED) is 0.793. The fourth-order valence-corrected chi connectivity index (χ4v) is 2.78. The molecule has 1 atom stereocenters. The number of nitrogen functional groups attached to an aromatic ring is 1. The number of nitrogens with zero attached hydrogens (tertiary/aromatic N) is 4. The minimum Gasteiger partial charge on any atom is -0.394 e. The van der Waals surface area contributed by atoms with Gasteiger partial charge in [0.2, 0.25) is 0 Å². The first-order valence-electron chi connectivity index (χ1n) is 6.16. The number of nitrogens with one attached hydrogen (secondary N) is 1. The average molecular weight is 246 g/mol. The summed E-state index contributed by atoms with van der Waals surface area (Å²) in [6, 6.07) is 0.229. The van der Waals surface area contributed by atoms with E-state index in [-0.39, 0.29) is 6.04 Å². The lowest BCUT2D eigenvalue weighted by Gasteiger charge is -2.26. The molecule has 1 unspecified atom stereocenters. The largest absolute Gasteiger partial charge is 0.394 e. The van der Waals surface area contributed by atoms with Gasteiger partial charge in [-0.2, -0.15) is 10.2 Å². The summed E-state index contributed by atoms with van der Waals surface area (Å²) in [6.45, 7) is 5.06. The molecule has 0 bridgehead atoms. The molecule has 0 aromatic carbocycles. The van der Waals surface area contributed by atoms with Gasteiger partial charge in [0.25, 0.3) is 0 Å². The van der Waals surface area contributed by atoms with E-state index in [0.717, 1.165) is 24.5 Å². The van der Waals surface area contributed by atoms with Crippen LogP contribution in [0.3, 0.4) is 0 Å². The van der Waals surface area contributed by atoms with Crippen LogP contribution in [0.25, 0.3) is 0 Å². The lowest BCUT2D eigenvalue weighted by molar-refractivity contribution is 0.478. The molecule has 1 aliphatic heterocycles. The molecule has 1 aliphatic rings. The zero-order valence-corrected chi connectivity index (χ0v) is 10.9. The highest BCUT2D eigenvalue weighted by molar-refractivity contribution is 5.62. The van der Waals surface area contributed by atoms with Crippen LogP contribution in [0.2, 0.25) is 0 Å². The fraction of sp³-hybridized carbons (Fsp3) is 0.500. The summed E-state index contributed by atoms with van der Waals surface area (Å²) < 4.78 is 3.91. The van der Waals surface area contributed by atoms with Crippen LogP contribution in [0.15, 0.2) is 6.20 Å². The molecule has 6 nitrogen and oxygen atoms in total. The molecular formula is C12H18N6. The molecule has 6 heteroatoms. The summed E-state index contributed by atoms with van der Waals surface area (Å²) in [6.07, 6.45) is 2.71. The Hall–Kier alpha value is -1.98. The minimum atomic E-state index is 0.229. The molecule has 2 aromatic rings. The van der Waals surface area contributed by atoms with E-state index < -0.39 is 0 Å². The molecular weight excluding hydrogens is 228 g/mol. The topological polar surface area (TPSA) is 73.7 Å². The molecule has 0 aliphatic carbocycles. The number of nitrogens with two attached hydrogens (primary N) is 1. The SMILES string of the molecule is Cc1nn(C)c(C)c1C1CCNc2c(N)cnn21. The minimum absolute atomic E-state index is 0.229. The standard InChI is InChI=1S/C12H18N6/c1-7-11(8(2)17(3)16-7)10-4-5-14-12-9(13)6-15-18(10)12/h6,10,14H,4-5,13H2,1-3H3. The Morgan fingerprint density at radius 3 is 2.89 bits per heavy atom. The zero-order chi connectivity index (χ0) is 12.9. The molecule has 0 saturated carbocycles. The highest BCUT2D eigenvalue weighted by atomic mass is 15.4. The third-order valence-electron chi connectivity index (χ3n) is 3.73. The van der Waals surface area contributed by atoms with Gasteiger partial charge < -0.3 is 11.1 Å². The van der Waals surface area contributed by atoms with Gasteiger partial charge in [0.1, 0.15) is 5.82 Å². The fourth-order valence-electron chi connectivity index (χ4n) is 2.78. The molecule has 3 rings (SSSR count). The average Bonchev–Trinajstić information content (AvgIpc) is 2.83. The van der Waals surface area contributed by atoms with Crippen LogP contribution in [0, 0.1) is 13.8 Å². The van der Waals surface area contributed by atoms with Gasteiger partial charge in [0.05, 0.1) is 23.6 Å². The van der Waals surface area contributed by atoms with Gasteiger partial charge in [-0.1, -0.05) is 0 Å². The number of hydrogen-bond donors (Lipinski definition) is 2. The highest BCUT2D eigenvalue weighted by Crippen LogP contribution is 2.34. The van der Waals surface area contributed by atoms with Crippen molar-refractivity contribution < 1.29 is 0 Å². The second-order valence-electron chi connectivity index (χ2n) is 4.83. The maximum absolute atomic E-state index is 5.92. The molecule has 3 heterocycles. The van der Waals surface area contributed by atoms with E-state index in [0.29, 0.717) is 5.69 Å². The van der Waals surface area contributed by atoms with Crippen molar-refractivity contribution in [1.29, 1.82) is 0 Å². The van der Waals surface area contributed by atoms with Crippen molar-refractivity contribution in [2.24, 2.45) is 7.05 Å². The summed E-state index contributed by atoms with van der Waals surface area (Å²) in [5, 5.41) is 12.2. The predicted octanol–water partition coefficient (Wildman–Crippen LogP) is 1.22. The normalized spacial score (nSPS) is 18.5. The van der Waals surface area contributed by atoms with Crippen molar-refractivity contribution >= 4 is 11.5 Å². The summed E-state index contributed by atoms with van der Waals surface area (Å²) >= 11 is 0. The van der Waals surface area contributed by atoms with E-state index in [1.54, 1.807) is 6.20 Å². The monoisotopic (exact) mass is 246 g/mol. The maximum Gasteiger partial charge on any atom is 0.148 e. The van der Waals surface area contributed by atoms with Crippen molar-refractivity contribution in [3.05, 3.63) is 23.1 Å². The van der Waals surface area contributed by atoms with Gasteiger partial charge in [0, 0.05) is 24.8 Å². The van der Waals surface area contributed by atoms with Crippen LogP contribution in [0.1, 0.15) is 29.4 Å². The highest BCUT2D eigenvalue weighted by Gasteiger charge is 2.28. The Balaban J connectivity index is 2.14. The van der Waals surface area contributed by atoms with Gasteiger partial charge in [-0.15, -0.1) is 0 Å². The lowest BCUT2D eigenvalue weighted by atomic mass is 10.0. The summed E-state index contributed by atoms with van der Waals surface area (Å²) in [4.78, 5) is 0. The van der Waals surface area contributed by atoms with Gasteiger partial charge in [-0.25, -0.2) is 4.68 Å². The summed E-state index contributed by atoms with van der Waals surface area (Å²) in [5.74, 6) is 0.925. The number of hydrogen-bond acceptors (Lipinski definition) is 4. The van der Waals surface area contributed by atoms with Crippen LogP contribution in [-0.2, 0) is 7.05 Å². The first kappa shape index (κ1) is 11.1. The summed E-state index contributed by atoms with van der Waals surface area (Å²) in [5.41, 5.74) is 10.2. The molecule has 0 radical (unpaired) electrons. The second-order valence-corrected chi connectivity index (χ2v) is 4.83. The van der Waals surface area contributed by atoms with Gasteiger partial charge in [-0.3, -0.25) is 4.68 Å².